The molecule has 0 bridgehead atoms. The van der Waals surface area contributed by atoms with Gasteiger partial charge in [0.15, 0.2) is 0 Å². The number of ether oxygens (including phenoxy) is 1. The zero-order valence-electron chi connectivity index (χ0n) is 17.8. The lowest BCUT2D eigenvalue weighted by molar-refractivity contribution is 0.112. The summed E-state index contributed by atoms with van der Waals surface area (Å²) in [5.74, 6) is 2.62. The Morgan fingerprint density at radius 2 is 1.70 bits per heavy atom. The van der Waals surface area contributed by atoms with Gasteiger partial charge < -0.3 is 4.74 Å². The van der Waals surface area contributed by atoms with Crippen LogP contribution in [0.15, 0.2) is 54.6 Å². The molecule has 1 atom stereocenters. The number of hydrazine groups is 1. The zero-order chi connectivity index (χ0) is 20.6. The molecule has 4 rings (SSSR count). The standard InChI is InChI=1S/C26H34N2O2/c29-20-23-10-8-22(9-11-23)19-28-16-4-5-24(18-27-28)17-21-12-14-26(15-13-21)30-25-6-2-1-3-7-25/h1-3,6-11,20-21,24,26-27H,4-5,12-19H2. The first-order valence-electron chi connectivity index (χ1n) is 11.5. The van der Waals surface area contributed by atoms with Crippen molar-refractivity contribution >= 4 is 6.29 Å². The summed E-state index contributed by atoms with van der Waals surface area (Å²) in [6, 6.07) is 18.2. The van der Waals surface area contributed by atoms with Crippen LogP contribution in [0.1, 0.15) is 60.9 Å². The summed E-state index contributed by atoms with van der Waals surface area (Å²) in [5.41, 5.74) is 5.67. The Balaban J connectivity index is 1.18. The fourth-order valence-electron chi connectivity index (χ4n) is 4.92. The zero-order valence-corrected chi connectivity index (χ0v) is 17.8. The number of carbonyl (C=O) groups is 1. The second-order valence-corrected chi connectivity index (χ2v) is 8.96. The second kappa shape index (κ2) is 10.7. The van der Waals surface area contributed by atoms with E-state index in [1.165, 1.54) is 50.5 Å². The van der Waals surface area contributed by atoms with Gasteiger partial charge in [-0.25, -0.2) is 5.01 Å². The molecule has 2 aromatic rings. The molecule has 0 amide bonds. The molecular weight excluding hydrogens is 372 g/mol. The summed E-state index contributed by atoms with van der Waals surface area (Å²) in [6.45, 7) is 3.06. The van der Waals surface area contributed by atoms with E-state index in [9.17, 15) is 4.79 Å². The Labute approximate surface area is 180 Å². The van der Waals surface area contributed by atoms with Crippen LogP contribution in [0.4, 0.5) is 0 Å². The van der Waals surface area contributed by atoms with Gasteiger partial charge in [-0.15, -0.1) is 0 Å². The molecule has 1 saturated heterocycles. The van der Waals surface area contributed by atoms with Crippen LogP contribution in [0.3, 0.4) is 0 Å². The Hall–Kier alpha value is -2.17. The van der Waals surface area contributed by atoms with Crippen molar-refractivity contribution in [1.82, 2.24) is 10.4 Å². The number of carbonyl (C=O) groups excluding carboxylic acids is 1. The highest BCUT2D eigenvalue weighted by molar-refractivity contribution is 5.74. The largest absolute Gasteiger partial charge is 0.490 e. The van der Waals surface area contributed by atoms with Crippen molar-refractivity contribution in [1.29, 1.82) is 0 Å². The molecule has 30 heavy (non-hydrogen) atoms. The van der Waals surface area contributed by atoms with E-state index in [1.807, 2.05) is 30.3 Å². The third-order valence-electron chi connectivity index (χ3n) is 6.64. The van der Waals surface area contributed by atoms with Gasteiger partial charge in [-0.05, 0) is 74.5 Å². The molecule has 0 spiro atoms. The van der Waals surface area contributed by atoms with E-state index in [0.29, 0.717) is 6.10 Å². The van der Waals surface area contributed by atoms with Gasteiger partial charge in [0.05, 0.1) is 6.10 Å². The highest BCUT2D eigenvalue weighted by Crippen LogP contribution is 2.33. The third-order valence-corrected chi connectivity index (χ3v) is 6.64. The minimum atomic E-state index is 0.386. The first-order valence-corrected chi connectivity index (χ1v) is 11.5. The summed E-state index contributed by atoms with van der Waals surface area (Å²) in [7, 11) is 0. The van der Waals surface area contributed by atoms with Crippen molar-refractivity contribution in [2.45, 2.75) is 57.6 Å². The minimum Gasteiger partial charge on any atom is -0.490 e. The Morgan fingerprint density at radius 3 is 2.43 bits per heavy atom. The summed E-state index contributed by atoms with van der Waals surface area (Å²) in [4.78, 5) is 10.8. The molecule has 1 saturated carbocycles. The van der Waals surface area contributed by atoms with Crippen molar-refractivity contribution in [3.8, 4) is 5.75 Å². The van der Waals surface area contributed by atoms with Gasteiger partial charge in [-0.1, -0.05) is 42.5 Å². The van der Waals surface area contributed by atoms with Crippen molar-refractivity contribution < 1.29 is 9.53 Å². The Bertz CT molecular complexity index is 769. The number of nitrogens with one attached hydrogen (secondary N) is 1. The van der Waals surface area contributed by atoms with Crippen molar-refractivity contribution in [2.75, 3.05) is 13.1 Å². The molecule has 160 valence electrons. The first kappa shape index (κ1) is 21.1. The van der Waals surface area contributed by atoms with Crippen LogP contribution in [0.2, 0.25) is 0 Å². The van der Waals surface area contributed by atoms with E-state index in [0.717, 1.165) is 49.1 Å². The molecule has 2 aliphatic rings. The minimum absolute atomic E-state index is 0.386. The highest BCUT2D eigenvalue weighted by Gasteiger charge is 2.26. The summed E-state index contributed by atoms with van der Waals surface area (Å²) in [6.07, 6.45) is 10.1. The van der Waals surface area contributed by atoms with E-state index < -0.39 is 0 Å². The number of hydrogen-bond donors (Lipinski definition) is 1. The van der Waals surface area contributed by atoms with Crippen molar-refractivity contribution in [3.63, 3.8) is 0 Å². The number of aldehydes is 1. The van der Waals surface area contributed by atoms with Crippen molar-refractivity contribution in [3.05, 3.63) is 65.7 Å². The monoisotopic (exact) mass is 406 g/mol. The van der Waals surface area contributed by atoms with E-state index in [2.05, 4.69) is 34.7 Å². The smallest absolute Gasteiger partial charge is 0.150 e. The van der Waals surface area contributed by atoms with Gasteiger partial charge in [0.2, 0.25) is 0 Å². The molecular formula is C26H34N2O2. The third kappa shape index (κ3) is 6.16. The quantitative estimate of drug-likeness (QED) is 0.638. The Kier molecular flexibility index (Phi) is 7.54. The predicted molar refractivity (Wildman–Crippen MR) is 120 cm³/mol. The highest BCUT2D eigenvalue weighted by atomic mass is 16.5. The molecule has 4 heteroatoms. The number of hydrogen-bond acceptors (Lipinski definition) is 4. The van der Waals surface area contributed by atoms with Crippen LogP contribution < -0.4 is 10.2 Å². The summed E-state index contributed by atoms with van der Waals surface area (Å²) in [5, 5.41) is 2.35. The molecule has 2 aromatic carbocycles. The summed E-state index contributed by atoms with van der Waals surface area (Å²) >= 11 is 0. The molecule has 2 fully saturated rings. The van der Waals surface area contributed by atoms with Crippen LogP contribution in [-0.2, 0) is 6.54 Å². The molecule has 0 aromatic heterocycles. The lowest BCUT2D eigenvalue weighted by atomic mass is 9.80. The van der Waals surface area contributed by atoms with E-state index in [4.69, 9.17) is 4.74 Å². The lowest BCUT2D eigenvalue weighted by Gasteiger charge is -2.31. The van der Waals surface area contributed by atoms with Gasteiger partial charge in [0.1, 0.15) is 12.0 Å². The molecule has 1 heterocycles. The predicted octanol–water partition coefficient (Wildman–Crippen LogP) is 5.24. The number of rotatable bonds is 7. The van der Waals surface area contributed by atoms with Gasteiger partial charge in [0.25, 0.3) is 0 Å². The van der Waals surface area contributed by atoms with Gasteiger partial charge in [-0.3, -0.25) is 10.2 Å². The van der Waals surface area contributed by atoms with Crippen molar-refractivity contribution in [2.24, 2.45) is 11.8 Å². The average Bonchev–Trinajstić information content (AvgIpc) is 3.01. The van der Waals surface area contributed by atoms with Gasteiger partial charge in [0, 0.05) is 25.2 Å². The maximum atomic E-state index is 10.8. The van der Waals surface area contributed by atoms with E-state index in [-0.39, 0.29) is 0 Å². The summed E-state index contributed by atoms with van der Waals surface area (Å²) < 4.78 is 6.16. The van der Waals surface area contributed by atoms with Gasteiger partial charge in [-0.2, -0.15) is 0 Å². The number of benzene rings is 2. The van der Waals surface area contributed by atoms with Crippen LogP contribution in [0.25, 0.3) is 0 Å². The van der Waals surface area contributed by atoms with E-state index in [1.54, 1.807) is 0 Å². The maximum absolute atomic E-state index is 10.8. The average molecular weight is 407 g/mol. The second-order valence-electron chi connectivity index (χ2n) is 8.96. The molecule has 1 aliphatic heterocycles. The van der Waals surface area contributed by atoms with Crippen LogP contribution in [-0.4, -0.2) is 30.5 Å². The van der Waals surface area contributed by atoms with Crippen LogP contribution >= 0.6 is 0 Å². The van der Waals surface area contributed by atoms with Crippen LogP contribution in [0, 0.1) is 11.8 Å². The SMILES string of the molecule is O=Cc1ccc(CN2CCCC(CC3CCC(Oc4ccccc4)CC3)CN2)cc1. The fourth-order valence-corrected chi connectivity index (χ4v) is 4.92. The molecule has 0 radical (unpaired) electrons. The fraction of sp³-hybridized carbons (Fsp3) is 0.500. The topological polar surface area (TPSA) is 41.6 Å². The number of nitrogens with zero attached hydrogens (tertiary/aromatic N) is 1. The normalized spacial score (nSPS) is 25.4. The maximum Gasteiger partial charge on any atom is 0.150 e. The molecule has 1 aliphatic carbocycles. The van der Waals surface area contributed by atoms with Crippen LogP contribution in [0.5, 0.6) is 5.75 Å². The van der Waals surface area contributed by atoms with Gasteiger partial charge >= 0.3 is 0 Å². The molecule has 1 unspecified atom stereocenters. The first-order chi connectivity index (χ1) is 14.8. The lowest BCUT2D eigenvalue weighted by Crippen LogP contribution is -2.38. The molecule has 4 nitrogen and oxygen atoms in total. The molecule has 1 N–H and O–H groups in total. The number of para-hydroxylation sites is 1. The Morgan fingerprint density at radius 1 is 0.933 bits per heavy atom. The van der Waals surface area contributed by atoms with E-state index >= 15 is 0 Å².